The van der Waals surface area contributed by atoms with Crippen molar-refractivity contribution in [2.24, 2.45) is 0 Å². The first-order chi connectivity index (χ1) is 7.15. The van der Waals surface area contributed by atoms with Gasteiger partial charge in [0.25, 0.3) is 5.22 Å². The van der Waals surface area contributed by atoms with Crippen molar-refractivity contribution in [3.8, 4) is 0 Å². The van der Waals surface area contributed by atoms with Crippen LogP contribution in [0.4, 0.5) is 0 Å². The van der Waals surface area contributed by atoms with Crippen LogP contribution in [0.5, 0.6) is 0 Å². The van der Waals surface area contributed by atoms with E-state index in [2.05, 4.69) is 41.8 Å². The quantitative estimate of drug-likeness (QED) is 0.819. The predicted molar refractivity (Wildman–Crippen MR) is 65.0 cm³/mol. The van der Waals surface area contributed by atoms with E-state index in [-0.39, 0.29) is 0 Å². The Balaban J connectivity index is 2.24. The molecule has 2 aromatic heterocycles. The second-order valence-corrected chi connectivity index (χ2v) is 5.51. The average Bonchev–Trinajstić information content (AvgIpc) is 2.56. The van der Waals surface area contributed by atoms with Gasteiger partial charge in [-0.15, -0.1) is 0 Å². The fraction of sp³-hybridized carbons (Fsp3) is 0.111. The molecule has 0 aromatic carbocycles. The van der Waals surface area contributed by atoms with Crippen LogP contribution in [0.3, 0.4) is 0 Å². The van der Waals surface area contributed by atoms with Crippen molar-refractivity contribution < 1.29 is 4.42 Å². The second kappa shape index (κ2) is 4.67. The van der Waals surface area contributed by atoms with Gasteiger partial charge in [0.15, 0.2) is 0 Å². The molecule has 0 amide bonds. The van der Waals surface area contributed by atoms with Crippen molar-refractivity contribution in [3.05, 3.63) is 33.2 Å². The highest BCUT2D eigenvalue weighted by atomic mass is 79.9. The molecule has 0 unspecified atom stereocenters. The molecule has 0 aliphatic carbocycles. The highest BCUT2D eigenvalue weighted by Gasteiger charge is 2.08. The molecule has 0 spiro atoms. The first-order valence-electron chi connectivity index (χ1n) is 4.06. The Morgan fingerprint density at radius 3 is 2.80 bits per heavy atom. The smallest absolute Gasteiger partial charge is 0.262 e. The van der Waals surface area contributed by atoms with E-state index in [9.17, 15) is 0 Å². The van der Waals surface area contributed by atoms with Crippen molar-refractivity contribution >= 4 is 43.6 Å². The van der Waals surface area contributed by atoms with E-state index in [1.165, 1.54) is 11.8 Å². The van der Waals surface area contributed by atoms with Gasteiger partial charge >= 0.3 is 0 Å². The molecule has 0 aliphatic heterocycles. The fourth-order valence-corrected chi connectivity index (χ4v) is 2.88. The third-order valence-corrected chi connectivity index (χ3v) is 3.74. The molecule has 0 saturated carbocycles. The molecular weight excluding hydrogens is 344 g/mol. The van der Waals surface area contributed by atoms with Gasteiger partial charge in [-0.05, 0) is 56.6 Å². The molecule has 0 saturated heterocycles. The fourth-order valence-electron chi connectivity index (χ4n) is 0.939. The maximum absolute atomic E-state index is 5.23. The largest absolute Gasteiger partial charge is 0.439 e. The standard InChI is InChI=1S/C9H6Br2N2OS/c1-5-4-14-9(13-5)15-8-7(11)2-6(10)3-12-8/h2-4H,1H3. The van der Waals surface area contributed by atoms with E-state index in [0.29, 0.717) is 5.22 Å². The Kier molecular flexibility index (Phi) is 3.48. The maximum Gasteiger partial charge on any atom is 0.262 e. The van der Waals surface area contributed by atoms with Crippen LogP contribution < -0.4 is 0 Å². The van der Waals surface area contributed by atoms with Crippen molar-refractivity contribution in [3.63, 3.8) is 0 Å². The molecule has 0 atom stereocenters. The van der Waals surface area contributed by atoms with E-state index < -0.39 is 0 Å². The first-order valence-corrected chi connectivity index (χ1v) is 6.46. The zero-order valence-corrected chi connectivity index (χ0v) is 11.7. The molecule has 0 aliphatic rings. The Bertz CT molecular complexity index is 487. The molecular formula is C9H6Br2N2OS. The monoisotopic (exact) mass is 348 g/mol. The average molecular weight is 350 g/mol. The number of pyridine rings is 1. The summed E-state index contributed by atoms with van der Waals surface area (Å²) >= 11 is 8.16. The molecule has 0 radical (unpaired) electrons. The highest BCUT2D eigenvalue weighted by Crippen LogP contribution is 2.32. The molecule has 0 fully saturated rings. The summed E-state index contributed by atoms with van der Waals surface area (Å²) in [5.74, 6) is 0. The van der Waals surface area contributed by atoms with Gasteiger partial charge in [-0.1, -0.05) is 0 Å². The van der Waals surface area contributed by atoms with E-state index in [0.717, 1.165) is 19.7 Å². The van der Waals surface area contributed by atoms with Gasteiger partial charge in [-0.3, -0.25) is 0 Å². The van der Waals surface area contributed by atoms with Crippen LogP contribution in [0.15, 0.2) is 42.1 Å². The van der Waals surface area contributed by atoms with Crippen LogP contribution in [-0.2, 0) is 0 Å². The Hall–Kier alpha value is -0.330. The van der Waals surface area contributed by atoms with E-state index >= 15 is 0 Å². The van der Waals surface area contributed by atoms with Crippen LogP contribution in [0.1, 0.15) is 5.69 Å². The van der Waals surface area contributed by atoms with Crippen LogP contribution >= 0.6 is 43.6 Å². The molecule has 2 heterocycles. The van der Waals surface area contributed by atoms with Crippen molar-refractivity contribution in [2.75, 3.05) is 0 Å². The number of oxazole rings is 1. The molecule has 6 heteroatoms. The van der Waals surface area contributed by atoms with Crippen LogP contribution in [0.25, 0.3) is 0 Å². The van der Waals surface area contributed by atoms with Gasteiger partial charge in [0.05, 0.1) is 10.2 Å². The lowest BCUT2D eigenvalue weighted by Crippen LogP contribution is -1.82. The van der Waals surface area contributed by atoms with Crippen LogP contribution in [0, 0.1) is 6.92 Å². The van der Waals surface area contributed by atoms with Gasteiger partial charge in [-0.25, -0.2) is 9.97 Å². The van der Waals surface area contributed by atoms with Crippen LogP contribution in [-0.4, -0.2) is 9.97 Å². The summed E-state index contributed by atoms with van der Waals surface area (Å²) in [4.78, 5) is 8.44. The Labute approximate surface area is 108 Å². The minimum absolute atomic E-state index is 0.600. The van der Waals surface area contributed by atoms with Gasteiger partial charge in [0.1, 0.15) is 11.3 Å². The Morgan fingerprint density at radius 1 is 1.40 bits per heavy atom. The van der Waals surface area contributed by atoms with Crippen LogP contribution in [0.2, 0.25) is 0 Å². The third kappa shape index (κ3) is 2.83. The number of aryl methyl sites for hydroxylation is 1. The van der Waals surface area contributed by atoms with Gasteiger partial charge < -0.3 is 4.42 Å². The predicted octanol–water partition coefficient (Wildman–Crippen LogP) is 4.05. The summed E-state index contributed by atoms with van der Waals surface area (Å²) < 4.78 is 7.08. The summed E-state index contributed by atoms with van der Waals surface area (Å²) in [6.07, 6.45) is 3.36. The molecule has 3 nitrogen and oxygen atoms in total. The summed E-state index contributed by atoms with van der Waals surface area (Å²) in [5.41, 5.74) is 0.866. The van der Waals surface area contributed by atoms with Gasteiger partial charge in [-0.2, -0.15) is 0 Å². The molecule has 2 rings (SSSR count). The lowest BCUT2D eigenvalue weighted by molar-refractivity contribution is 0.453. The summed E-state index contributed by atoms with van der Waals surface area (Å²) in [6.45, 7) is 1.89. The number of hydrogen-bond donors (Lipinski definition) is 0. The minimum atomic E-state index is 0.600. The molecule has 0 bridgehead atoms. The summed E-state index contributed by atoms with van der Waals surface area (Å²) in [7, 11) is 0. The van der Waals surface area contributed by atoms with Crippen molar-refractivity contribution in [1.29, 1.82) is 0 Å². The minimum Gasteiger partial charge on any atom is -0.439 e. The summed E-state index contributed by atoms with van der Waals surface area (Å²) in [5, 5.41) is 1.43. The third-order valence-electron chi connectivity index (χ3n) is 1.56. The topological polar surface area (TPSA) is 38.9 Å². The van der Waals surface area contributed by atoms with E-state index in [1.807, 2.05) is 13.0 Å². The molecule has 2 aromatic rings. The maximum atomic E-state index is 5.23. The number of aromatic nitrogens is 2. The van der Waals surface area contributed by atoms with Gasteiger partial charge in [0.2, 0.25) is 0 Å². The Morgan fingerprint density at radius 2 is 2.20 bits per heavy atom. The van der Waals surface area contributed by atoms with Gasteiger partial charge in [0, 0.05) is 10.7 Å². The normalized spacial score (nSPS) is 10.6. The zero-order chi connectivity index (χ0) is 10.8. The number of nitrogens with zero attached hydrogens (tertiary/aromatic N) is 2. The van der Waals surface area contributed by atoms with E-state index in [1.54, 1.807) is 12.5 Å². The van der Waals surface area contributed by atoms with Crippen molar-refractivity contribution in [1.82, 2.24) is 9.97 Å². The lowest BCUT2D eigenvalue weighted by Gasteiger charge is -1.99. The number of halogens is 2. The summed E-state index contributed by atoms with van der Waals surface area (Å²) in [6, 6.07) is 1.94. The number of rotatable bonds is 2. The molecule has 15 heavy (non-hydrogen) atoms. The first kappa shape index (κ1) is 11.2. The van der Waals surface area contributed by atoms with E-state index in [4.69, 9.17) is 4.42 Å². The second-order valence-electron chi connectivity index (χ2n) is 2.80. The molecule has 0 N–H and O–H groups in total. The lowest BCUT2D eigenvalue weighted by atomic mass is 10.5. The zero-order valence-electron chi connectivity index (χ0n) is 7.70. The SMILES string of the molecule is Cc1coc(Sc2ncc(Br)cc2Br)n1. The highest BCUT2D eigenvalue weighted by molar-refractivity contribution is 9.11. The van der Waals surface area contributed by atoms with Crippen molar-refractivity contribution in [2.45, 2.75) is 17.2 Å². The molecule has 78 valence electrons. The number of hydrogen-bond acceptors (Lipinski definition) is 4.